The average Bonchev–Trinajstić information content (AvgIpc) is 3.17. The number of fused-ring (bicyclic) bond motifs is 1. The van der Waals surface area contributed by atoms with E-state index in [1.165, 1.54) is 30.3 Å². The predicted octanol–water partition coefficient (Wildman–Crippen LogP) is 3.39. The van der Waals surface area contributed by atoms with Crippen molar-refractivity contribution in [1.82, 2.24) is 10.2 Å². The zero-order valence-corrected chi connectivity index (χ0v) is 17.2. The van der Waals surface area contributed by atoms with Gasteiger partial charge in [0.25, 0.3) is 5.91 Å². The number of aryl methyl sites for hydroxylation is 1. The van der Waals surface area contributed by atoms with E-state index in [0.29, 0.717) is 0 Å². The molecule has 1 fully saturated rings. The van der Waals surface area contributed by atoms with Crippen molar-refractivity contribution in [3.8, 4) is 0 Å². The van der Waals surface area contributed by atoms with E-state index in [9.17, 15) is 28.0 Å². The molecule has 0 radical (unpaired) electrons. The number of halogens is 3. The third kappa shape index (κ3) is 4.14. The van der Waals surface area contributed by atoms with Crippen LogP contribution in [-0.2, 0) is 33.2 Å². The highest BCUT2D eigenvalue weighted by Crippen LogP contribution is 2.32. The Hall–Kier alpha value is -3.13. The summed E-state index contributed by atoms with van der Waals surface area (Å²) in [6, 6.07) is 5.99. The second-order valence-electron chi connectivity index (χ2n) is 7.32. The van der Waals surface area contributed by atoms with Gasteiger partial charge in [0.1, 0.15) is 6.02 Å². The summed E-state index contributed by atoms with van der Waals surface area (Å²) in [5, 5.41) is 0.205. The maximum Gasteiger partial charge on any atom is 0.330 e. The van der Waals surface area contributed by atoms with Gasteiger partial charge >= 0.3 is 5.92 Å². The van der Waals surface area contributed by atoms with E-state index in [-0.39, 0.29) is 33.6 Å². The van der Waals surface area contributed by atoms with E-state index in [1.807, 2.05) is 0 Å². The first-order chi connectivity index (χ1) is 16.8. The molecule has 166 valence electrons. The Labute approximate surface area is 193 Å². The van der Waals surface area contributed by atoms with Crippen LogP contribution in [0.2, 0.25) is 6.43 Å². The molecule has 1 saturated heterocycles. The van der Waals surface area contributed by atoms with Gasteiger partial charge in [-0.25, -0.2) is 0 Å². The smallest absolute Gasteiger partial charge is 0.322 e. The monoisotopic (exact) mass is 464 g/mol. The Morgan fingerprint density at radius 2 is 2.00 bits per heavy atom. The molecular weight excluding hydrogens is 442 g/mol. The molecule has 2 aliphatic heterocycles. The SMILES string of the molecule is [2H]C(CC(=O)C(F)(F)c1ccc(Cl)cc1)c1ccc2c(c1)CN([C@@]1([2H])C(=O)N([2H])C(=O)CC1[2H])C2=O. The number of piperidine rings is 1. The summed E-state index contributed by atoms with van der Waals surface area (Å²) >= 11 is 5.71. The van der Waals surface area contributed by atoms with E-state index >= 15 is 0 Å². The number of carbonyl (C=O) groups excluding carboxylic acids is 4. The fourth-order valence-electron chi connectivity index (χ4n) is 3.53. The summed E-state index contributed by atoms with van der Waals surface area (Å²) in [5.41, 5.74) is -0.0445. The zero-order valence-electron chi connectivity index (χ0n) is 20.5. The number of imide groups is 1. The number of rotatable bonds is 6. The van der Waals surface area contributed by atoms with Crippen molar-refractivity contribution in [1.29, 1.82) is 0 Å². The lowest BCUT2D eigenvalue weighted by atomic mass is 9.97. The van der Waals surface area contributed by atoms with Crippen LogP contribution in [0, 0.1) is 0 Å². The number of nitrogens with zero attached hydrogens (tertiary/aromatic N) is 1. The molecule has 2 aromatic rings. The van der Waals surface area contributed by atoms with E-state index in [4.69, 9.17) is 17.1 Å². The van der Waals surface area contributed by atoms with Crippen LogP contribution in [0.3, 0.4) is 0 Å². The molecule has 2 heterocycles. The first-order valence-electron chi connectivity index (χ1n) is 11.7. The second-order valence-corrected chi connectivity index (χ2v) is 7.76. The van der Waals surface area contributed by atoms with Crippen molar-refractivity contribution >= 4 is 35.1 Å². The van der Waals surface area contributed by atoms with Crippen molar-refractivity contribution in [3.05, 3.63) is 69.7 Å². The molecule has 6 nitrogen and oxygen atoms in total. The molecule has 32 heavy (non-hydrogen) atoms. The summed E-state index contributed by atoms with van der Waals surface area (Å²) in [6.07, 6.45) is -4.43. The number of carbonyl (C=O) groups is 4. The molecule has 0 saturated carbocycles. The highest BCUT2D eigenvalue weighted by atomic mass is 35.5. The van der Waals surface area contributed by atoms with Crippen LogP contribution in [0.25, 0.3) is 0 Å². The molecule has 2 unspecified atom stereocenters. The van der Waals surface area contributed by atoms with Gasteiger partial charge in [-0.3, -0.25) is 24.5 Å². The van der Waals surface area contributed by atoms with Crippen LogP contribution in [0.4, 0.5) is 8.78 Å². The van der Waals surface area contributed by atoms with Gasteiger partial charge in [0.05, 0.1) is 1.37 Å². The Balaban J connectivity index is 1.54. The van der Waals surface area contributed by atoms with Crippen LogP contribution in [0.1, 0.15) is 50.4 Å². The number of Topliss-reactive ketones (excluding diaryl/α,β-unsaturated/α-hetero) is 1. The maximum atomic E-state index is 14.6. The zero-order chi connectivity index (χ0) is 26.6. The summed E-state index contributed by atoms with van der Waals surface area (Å²) in [7, 11) is 0. The largest absolute Gasteiger partial charge is 0.330 e. The fourth-order valence-corrected chi connectivity index (χ4v) is 3.66. The van der Waals surface area contributed by atoms with E-state index in [2.05, 4.69) is 0 Å². The Kier molecular flexibility index (Phi) is 4.59. The van der Waals surface area contributed by atoms with Crippen molar-refractivity contribution in [3.63, 3.8) is 0 Å². The maximum absolute atomic E-state index is 14.6. The molecular formula is C23H19ClF2N2O4. The van der Waals surface area contributed by atoms with Gasteiger partial charge in [-0.05, 0) is 42.1 Å². The third-order valence-electron chi connectivity index (χ3n) is 5.22. The van der Waals surface area contributed by atoms with Crippen molar-refractivity contribution in [2.24, 2.45) is 0 Å². The summed E-state index contributed by atoms with van der Waals surface area (Å²) < 4.78 is 61.7. The molecule has 0 aliphatic carbocycles. The Morgan fingerprint density at radius 1 is 1.28 bits per heavy atom. The Morgan fingerprint density at radius 3 is 2.72 bits per heavy atom. The van der Waals surface area contributed by atoms with Gasteiger partial charge < -0.3 is 4.90 Å². The highest BCUT2D eigenvalue weighted by Gasteiger charge is 2.41. The van der Waals surface area contributed by atoms with E-state index in [0.717, 1.165) is 17.0 Å². The van der Waals surface area contributed by atoms with Gasteiger partial charge in [-0.2, -0.15) is 8.78 Å². The average molecular weight is 465 g/mol. The molecule has 3 atom stereocenters. The summed E-state index contributed by atoms with van der Waals surface area (Å²) in [4.78, 5) is 50.3. The molecule has 4 rings (SSSR count). The molecule has 0 bridgehead atoms. The van der Waals surface area contributed by atoms with E-state index in [1.54, 1.807) is 0 Å². The molecule has 9 heteroatoms. The number of benzene rings is 2. The lowest BCUT2D eigenvalue weighted by Gasteiger charge is -2.29. The molecule has 0 aromatic heterocycles. The Bertz CT molecular complexity index is 1280. The van der Waals surface area contributed by atoms with Gasteiger partial charge in [-0.1, -0.05) is 35.9 Å². The normalized spacial score (nSPS) is 26.2. The predicted molar refractivity (Wildman–Crippen MR) is 111 cm³/mol. The summed E-state index contributed by atoms with van der Waals surface area (Å²) in [5.74, 6) is -8.36. The lowest BCUT2D eigenvalue weighted by molar-refractivity contribution is -0.144. The number of amides is 3. The van der Waals surface area contributed by atoms with Gasteiger partial charge in [-0.15, -0.1) is 0 Å². The van der Waals surface area contributed by atoms with Crippen LogP contribution < -0.4 is 5.31 Å². The quantitative estimate of drug-likeness (QED) is 0.664. The number of hydrogen-bond donors (Lipinski definition) is 1. The number of alkyl halides is 2. The number of hydrogen-bond acceptors (Lipinski definition) is 4. The summed E-state index contributed by atoms with van der Waals surface area (Å²) in [6.45, 7) is -0.323. The number of nitrogens with one attached hydrogen (secondary N) is 1. The standard InChI is InChI=1S/C23H19ClF2N2O4/c24-16-5-3-15(4-6-16)23(25,26)19(29)9-2-13-1-7-17-14(11-13)12-28(22(17)32)18-8-10-20(30)27-21(18)31/h1,3-7,11,18H,2,8-10,12H2,(H,27,30,31)/t18-/m1/s1/i2D,8D,18D/hD/t2?,8?,18-. The van der Waals surface area contributed by atoms with Crippen molar-refractivity contribution in [2.45, 2.75) is 44.1 Å². The third-order valence-corrected chi connectivity index (χ3v) is 5.47. The second kappa shape index (κ2) is 8.43. The molecule has 1 N–H and O–H groups in total. The minimum atomic E-state index is -3.84. The first kappa shape index (κ1) is 17.4. The van der Waals surface area contributed by atoms with Gasteiger partial charge in [0.2, 0.25) is 17.6 Å². The lowest BCUT2D eigenvalue weighted by Crippen LogP contribution is -2.52. The van der Waals surface area contributed by atoms with Crippen LogP contribution in [-0.4, -0.2) is 34.4 Å². The highest BCUT2D eigenvalue weighted by molar-refractivity contribution is 6.30. The van der Waals surface area contributed by atoms with Gasteiger partial charge in [0.15, 0.2) is 1.41 Å². The molecule has 2 aromatic carbocycles. The van der Waals surface area contributed by atoms with Crippen LogP contribution >= 0.6 is 11.6 Å². The molecule has 0 spiro atoms. The number of ketones is 1. The minimum absolute atomic E-state index is 0.0218. The minimum Gasteiger partial charge on any atom is -0.322 e. The topological polar surface area (TPSA) is 83.6 Å². The van der Waals surface area contributed by atoms with Crippen LogP contribution in [0.15, 0.2) is 42.5 Å². The molecule has 2 aliphatic rings. The van der Waals surface area contributed by atoms with E-state index < -0.39 is 66.6 Å². The van der Waals surface area contributed by atoms with Crippen LogP contribution in [0.5, 0.6) is 0 Å². The van der Waals surface area contributed by atoms with Crippen molar-refractivity contribution in [2.75, 3.05) is 0 Å². The van der Waals surface area contributed by atoms with Gasteiger partial charge in [0, 0.05) is 38.3 Å². The fraction of sp³-hybridized carbons (Fsp3) is 0.304. The van der Waals surface area contributed by atoms with Crippen molar-refractivity contribution < 1.29 is 33.5 Å². The molecule has 3 amide bonds. The first-order valence-corrected chi connectivity index (χ1v) is 9.99.